The molecule has 1 fully saturated rings. The molecule has 5 heteroatoms. The van der Waals surface area contributed by atoms with Gasteiger partial charge in [0.1, 0.15) is 6.33 Å². The number of aromatic nitrogens is 2. The zero-order chi connectivity index (χ0) is 16.8. The van der Waals surface area contributed by atoms with E-state index in [0.29, 0.717) is 0 Å². The Bertz CT molecular complexity index is 920. The van der Waals surface area contributed by atoms with Crippen LogP contribution >= 0.6 is 11.3 Å². The molecule has 5 rings (SSSR count). The first-order valence-corrected chi connectivity index (χ1v) is 9.49. The van der Waals surface area contributed by atoms with E-state index >= 15 is 0 Å². The lowest BCUT2D eigenvalue weighted by molar-refractivity contribution is 0.0644. The lowest BCUT2D eigenvalue weighted by Gasteiger charge is -2.35. The smallest absolute Gasteiger partial charge is 0.254 e. The van der Waals surface area contributed by atoms with E-state index in [2.05, 4.69) is 31.7 Å². The number of nitrogens with zero attached hydrogens (tertiary/aromatic N) is 3. The van der Waals surface area contributed by atoms with Crippen molar-refractivity contribution in [2.75, 3.05) is 0 Å². The Morgan fingerprint density at radius 3 is 2.80 bits per heavy atom. The molecule has 0 unspecified atom stereocenters. The molecule has 2 aliphatic rings. The van der Waals surface area contributed by atoms with Crippen molar-refractivity contribution >= 4 is 17.2 Å². The minimum atomic E-state index is 0.124. The summed E-state index contributed by atoms with van der Waals surface area (Å²) in [6.45, 7) is 0. The summed E-state index contributed by atoms with van der Waals surface area (Å²) in [7, 11) is 0. The molecule has 1 aromatic carbocycles. The Kier molecular flexibility index (Phi) is 3.41. The number of fused-ring (bicyclic) bond motifs is 4. The van der Waals surface area contributed by atoms with Crippen molar-refractivity contribution in [3.05, 3.63) is 70.4 Å². The minimum Gasteiger partial charge on any atom is -0.328 e. The number of benzene rings is 1. The van der Waals surface area contributed by atoms with Gasteiger partial charge in [0, 0.05) is 29.8 Å². The molecule has 0 aliphatic carbocycles. The molecule has 2 aromatic heterocycles. The standard InChI is InChI=1S/C20H17N3OS/c24-20(14-3-1-13(2-4-14)15-7-8-25-11-15)23-16-5-6-19(23)17-10-21-12-22-18(17)9-16/h1-4,7-8,10-12,16,19H,5-6,9H2/t16-,19-/m0/s1. The fourth-order valence-electron chi connectivity index (χ4n) is 4.12. The van der Waals surface area contributed by atoms with Gasteiger partial charge < -0.3 is 4.90 Å². The Labute approximate surface area is 150 Å². The monoisotopic (exact) mass is 347 g/mol. The number of thiophene rings is 1. The molecule has 3 aromatic rings. The Morgan fingerprint density at radius 1 is 1.12 bits per heavy atom. The third kappa shape index (κ3) is 2.38. The van der Waals surface area contributed by atoms with Gasteiger partial charge in [-0.3, -0.25) is 4.79 Å². The van der Waals surface area contributed by atoms with Gasteiger partial charge in [-0.15, -0.1) is 0 Å². The summed E-state index contributed by atoms with van der Waals surface area (Å²) in [5.74, 6) is 0.124. The summed E-state index contributed by atoms with van der Waals surface area (Å²) in [6.07, 6.45) is 6.38. The molecule has 2 bridgehead atoms. The van der Waals surface area contributed by atoms with E-state index in [9.17, 15) is 4.79 Å². The maximum absolute atomic E-state index is 13.2. The fraction of sp³-hybridized carbons (Fsp3) is 0.250. The van der Waals surface area contributed by atoms with E-state index in [4.69, 9.17) is 0 Å². The van der Waals surface area contributed by atoms with Crippen LogP contribution < -0.4 is 0 Å². The zero-order valence-electron chi connectivity index (χ0n) is 13.6. The second-order valence-electron chi connectivity index (χ2n) is 6.68. The number of rotatable bonds is 2. The molecule has 0 N–H and O–H groups in total. The van der Waals surface area contributed by atoms with Gasteiger partial charge in [0.2, 0.25) is 0 Å². The topological polar surface area (TPSA) is 46.1 Å². The van der Waals surface area contributed by atoms with Crippen LogP contribution in [0.5, 0.6) is 0 Å². The zero-order valence-corrected chi connectivity index (χ0v) is 14.4. The van der Waals surface area contributed by atoms with Crippen molar-refractivity contribution in [2.45, 2.75) is 31.3 Å². The van der Waals surface area contributed by atoms with Gasteiger partial charge in [0.25, 0.3) is 5.91 Å². The van der Waals surface area contributed by atoms with Gasteiger partial charge in [0.05, 0.1) is 11.7 Å². The third-order valence-corrected chi connectivity index (χ3v) is 6.02. The largest absolute Gasteiger partial charge is 0.328 e. The van der Waals surface area contributed by atoms with Crippen LogP contribution in [0.2, 0.25) is 0 Å². The van der Waals surface area contributed by atoms with E-state index in [0.717, 1.165) is 41.6 Å². The average molecular weight is 347 g/mol. The summed E-state index contributed by atoms with van der Waals surface area (Å²) in [5.41, 5.74) is 5.35. The number of hydrogen-bond donors (Lipinski definition) is 0. The quantitative estimate of drug-likeness (QED) is 0.701. The Balaban J connectivity index is 1.45. The maximum Gasteiger partial charge on any atom is 0.254 e. The summed E-state index contributed by atoms with van der Waals surface area (Å²) in [4.78, 5) is 23.8. The van der Waals surface area contributed by atoms with Crippen LogP contribution in [0.15, 0.2) is 53.6 Å². The number of carbonyl (C=O) groups excluding carboxylic acids is 1. The van der Waals surface area contributed by atoms with Crippen LogP contribution in [0.1, 0.15) is 40.5 Å². The summed E-state index contributed by atoms with van der Waals surface area (Å²) >= 11 is 1.68. The summed E-state index contributed by atoms with van der Waals surface area (Å²) < 4.78 is 0. The highest BCUT2D eigenvalue weighted by molar-refractivity contribution is 7.08. The summed E-state index contributed by atoms with van der Waals surface area (Å²) in [5, 5.41) is 4.19. The van der Waals surface area contributed by atoms with Crippen molar-refractivity contribution in [1.82, 2.24) is 14.9 Å². The van der Waals surface area contributed by atoms with Crippen molar-refractivity contribution < 1.29 is 4.79 Å². The average Bonchev–Trinajstić information content (AvgIpc) is 3.29. The van der Waals surface area contributed by atoms with Crippen LogP contribution in [-0.2, 0) is 6.42 Å². The molecule has 4 heterocycles. The Hall–Kier alpha value is -2.53. The van der Waals surface area contributed by atoms with E-state index in [1.165, 1.54) is 5.56 Å². The number of hydrogen-bond acceptors (Lipinski definition) is 4. The molecule has 2 aliphatic heterocycles. The lowest BCUT2D eigenvalue weighted by Crippen LogP contribution is -2.42. The third-order valence-electron chi connectivity index (χ3n) is 5.34. The van der Waals surface area contributed by atoms with E-state index in [1.54, 1.807) is 17.7 Å². The first-order chi connectivity index (χ1) is 12.3. The van der Waals surface area contributed by atoms with Crippen molar-refractivity contribution in [3.8, 4) is 11.1 Å². The second-order valence-corrected chi connectivity index (χ2v) is 7.46. The molecule has 124 valence electrons. The SMILES string of the molecule is O=C(c1ccc(-c2ccsc2)cc1)N1[C@H]2CC[C@H]1c1cncnc1C2. The van der Waals surface area contributed by atoms with Gasteiger partial charge in [0.15, 0.2) is 0 Å². The second kappa shape index (κ2) is 5.77. The molecule has 4 nitrogen and oxygen atoms in total. The van der Waals surface area contributed by atoms with Crippen LogP contribution in [0, 0.1) is 0 Å². The molecular weight excluding hydrogens is 330 g/mol. The molecule has 25 heavy (non-hydrogen) atoms. The molecule has 0 radical (unpaired) electrons. The predicted molar refractivity (Wildman–Crippen MR) is 97.4 cm³/mol. The summed E-state index contributed by atoms with van der Waals surface area (Å²) in [6, 6.07) is 10.5. The van der Waals surface area contributed by atoms with Gasteiger partial charge >= 0.3 is 0 Å². The molecule has 1 saturated heterocycles. The fourth-order valence-corrected chi connectivity index (χ4v) is 4.78. The normalized spacial score (nSPS) is 21.2. The highest BCUT2D eigenvalue weighted by Crippen LogP contribution is 2.43. The highest BCUT2D eigenvalue weighted by Gasteiger charge is 2.43. The first-order valence-electron chi connectivity index (χ1n) is 8.55. The molecule has 2 atom stereocenters. The van der Waals surface area contributed by atoms with Crippen molar-refractivity contribution in [1.29, 1.82) is 0 Å². The maximum atomic E-state index is 13.2. The highest BCUT2D eigenvalue weighted by atomic mass is 32.1. The van der Waals surface area contributed by atoms with E-state index in [-0.39, 0.29) is 18.0 Å². The van der Waals surface area contributed by atoms with Gasteiger partial charge in [-0.05, 0) is 52.9 Å². The van der Waals surface area contributed by atoms with Crippen LogP contribution in [-0.4, -0.2) is 26.8 Å². The van der Waals surface area contributed by atoms with Crippen LogP contribution in [0.3, 0.4) is 0 Å². The number of carbonyl (C=O) groups is 1. The van der Waals surface area contributed by atoms with Crippen LogP contribution in [0.4, 0.5) is 0 Å². The van der Waals surface area contributed by atoms with Crippen LogP contribution in [0.25, 0.3) is 11.1 Å². The predicted octanol–water partition coefficient (Wildman–Crippen LogP) is 4.11. The first kappa shape index (κ1) is 14.8. The molecular formula is C20H17N3OS. The van der Waals surface area contributed by atoms with Gasteiger partial charge in [-0.1, -0.05) is 12.1 Å². The Morgan fingerprint density at radius 2 is 2.00 bits per heavy atom. The van der Waals surface area contributed by atoms with Crippen molar-refractivity contribution in [3.63, 3.8) is 0 Å². The molecule has 1 amide bonds. The number of amides is 1. The molecule has 0 saturated carbocycles. The molecule has 0 spiro atoms. The minimum absolute atomic E-state index is 0.124. The van der Waals surface area contributed by atoms with Gasteiger partial charge in [-0.2, -0.15) is 11.3 Å². The lowest BCUT2D eigenvalue weighted by atomic mass is 9.98. The van der Waals surface area contributed by atoms with Crippen molar-refractivity contribution in [2.24, 2.45) is 0 Å². The van der Waals surface area contributed by atoms with E-state index in [1.807, 2.05) is 30.5 Å². The van der Waals surface area contributed by atoms with E-state index < -0.39 is 0 Å². The van der Waals surface area contributed by atoms with Gasteiger partial charge in [-0.25, -0.2) is 9.97 Å².